The lowest BCUT2D eigenvalue weighted by Gasteiger charge is -2.24. The van der Waals surface area contributed by atoms with Crippen molar-refractivity contribution in [1.82, 2.24) is 5.32 Å². The quantitative estimate of drug-likeness (QED) is 0.397. The van der Waals surface area contributed by atoms with Gasteiger partial charge in [0.25, 0.3) is 0 Å². The Labute approximate surface area is 182 Å². The highest BCUT2D eigenvalue weighted by atomic mass is 32.1. The number of rotatable bonds is 7. The van der Waals surface area contributed by atoms with Gasteiger partial charge in [0, 0.05) is 6.42 Å². The topological polar surface area (TPSA) is 90.9 Å². The number of nitrogens with one attached hydrogen (secondary N) is 1. The summed E-state index contributed by atoms with van der Waals surface area (Å²) in [5.41, 5.74) is -1.23. The summed E-state index contributed by atoms with van der Waals surface area (Å²) in [5, 5.41) is 3.03. The Morgan fingerprint density at radius 2 is 1.70 bits per heavy atom. The molecule has 0 aliphatic rings. The zero-order chi connectivity index (χ0) is 22.9. The minimum absolute atomic E-state index is 0.0784. The molecule has 0 spiro atoms. The van der Waals surface area contributed by atoms with E-state index in [4.69, 9.17) is 9.47 Å². The molecule has 0 saturated heterocycles. The number of methoxy groups -OCH3 is 1. The van der Waals surface area contributed by atoms with Gasteiger partial charge in [0.1, 0.15) is 22.1 Å². The lowest BCUT2D eigenvalue weighted by molar-refractivity contribution is -0.158. The van der Waals surface area contributed by atoms with Gasteiger partial charge in [-0.05, 0) is 60.1 Å². The first kappa shape index (κ1) is 25.7. The van der Waals surface area contributed by atoms with Gasteiger partial charge < -0.3 is 14.2 Å². The number of carbonyl (C=O) groups excluding carboxylic acids is 3. The molecule has 1 aromatic rings. The molecule has 1 heterocycles. The van der Waals surface area contributed by atoms with E-state index in [1.54, 1.807) is 53.7 Å². The van der Waals surface area contributed by atoms with E-state index in [1.807, 2.05) is 0 Å². The van der Waals surface area contributed by atoms with Gasteiger partial charge in [-0.15, -0.1) is 11.3 Å². The average molecular weight is 438 g/mol. The van der Waals surface area contributed by atoms with Crippen molar-refractivity contribution in [3.63, 3.8) is 0 Å². The highest BCUT2D eigenvalue weighted by molar-refractivity contribution is 7.14. The second-order valence-corrected chi connectivity index (χ2v) is 9.63. The van der Waals surface area contributed by atoms with Crippen LogP contribution in [0.25, 0.3) is 0 Å². The van der Waals surface area contributed by atoms with Crippen LogP contribution in [0, 0.1) is 11.8 Å². The van der Waals surface area contributed by atoms with Gasteiger partial charge in [-0.1, -0.05) is 11.8 Å². The summed E-state index contributed by atoms with van der Waals surface area (Å²) >= 11 is 1.23. The first-order valence-electron chi connectivity index (χ1n) is 9.66. The van der Waals surface area contributed by atoms with Gasteiger partial charge >= 0.3 is 17.9 Å². The number of thiophene rings is 1. The van der Waals surface area contributed by atoms with Crippen LogP contribution < -0.4 is 5.32 Å². The normalized spacial score (nSPS) is 12.4. The Hall–Kier alpha value is -2.37. The third-order valence-corrected chi connectivity index (χ3v) is 4.37. The lowest BCUT2D eigenvalue weighted by Crippen LogP contribution is -2.42. The van der Waals surface area contributed by atoms with Crippen LogP contribution in [0.15, 0.2) is 12.1 Å². The van der Waals surface area contributed by atoms with Crippen LogP contribution in [0.4, 0.5) is 0 Å². The Kier molecular flexibility index (Phi) is 9.53. The Bertz CT molecular complexity index is 804. The smallest absolute Gasteiger partial charge is 0.348 e. The summed E-state index contributed by atoms with van der Waals surface area (Å²) < 4.78 is 15.4. The molecule has 0 aliphatic carbocycles. The molecule has 166 valence electrons. The predicted molar refractivity (Wildman–Crippen MR) is 115 cm³/mol. The van der Waals surface area contributed by atoms with Crippen LogP contribution >= 0.6 is 11.3 Å². The molecule has 1 N–H and O–H groups in total. The van der Waals surface area contributed by atoms with E-state index >= 15 is 0 Å². The molecule has 1 aromatic heterocycles. The summed E-state index contributed by atoms with van der Waals surface area (Å²) in [4.78, 5) is 37.2. The van der Waals surface area contributed by atoms with Crippen molar-refractivity contribution in [1.29, 1.82) is 0 Å². The molecule has 0 amide bonds. The first-order valence-corrected chi connectivity index (χ1v) is 10.5. The van der Waals surface area contributed by atoms with E-state index in [2.05, 4.69) is 21.9 Å². The van der Waals surface area contributed by atoms with Gasteiger partial charge in [-0.25, -0.2) is 4.79 Å². The standard InChI is InChI=1S/C22H31NO6S/c1-21(2,3)28-18(24)13-11-16(19(25)29-22(4,5)6)23-14-8-9-15-10-12-17(30-15)20(26)27-7/h10,12,16,23H,11,13-14H2,1-7H3/t16-/m1/s1. The van der Waals surface area contributed by atoms with Crippen LogP contribution in [-0.2, 0) is 23.8 Å². The van der Waals surface area contributed by atoms with Crippen molar-refractivity contribution >= 4 is 29.2 Å². The number of hydrogen-bond donors (Lipinski definition) is 1. The molecule has 0 fully saturated rings. The fourth-order valence-electron chi connectivity index (χ4n) is 2.25. The highest BCUT2D eigenvalue weighted by Crippen LogP contribution is 2.16. The zero-order valence-electron chi connectivity index (χ0n) is 18.7. The molecule has 30 heavy (non-hydrogen) atoms. The van der Waals surface area contributed by atoms with E-state index in [1.165, 1.54) is 18.4 Å². The molecule has 0 saturated carbocycles. The van der Waals surface area contributed by atoms with Crippen LogP contribution in [-0.4, -0.2) is 48.8 Å². The highest BCUT2D eigenvalue weighted by Gasteiger charge is 2.26. The lowest BCUT2D eigenvalue weighted by atomic mass is 10.1. The third kappa shape index (κ3) is 10.4. The first-order chi connectivity index (χ1) is 13.8. The van der Waals surface area contributed by atoms with Gasteiger partial charge in [0.2, 0.25) is 0 Å². The van der Waals surface area contributed by atoms with Crippen molar-refractivity contribution in [3.8, 4) is 11.8 Å². The van der Waals surface area contributed by atoms with Crippen LogP contribution in [0.1, 0.15) is 68.9 Å². The minimum Gasteiger partial charge on any atom is -0.465 e. The Morgan fingerprint density at radius 3 is 2.27 bits per heavy atom. The van der Waals surface area contributed by atoms with Crippen molar-refractivity contribution < 1.29 is 28.6 Å². The number of carbonyl (C=O) groups is 3. The molecule has 0 bridgehead atoms. The SMILES string of the molecule is COC(=O)c1ccc(C#CCN[C@H](CCC(=O)OC(C)(C)C)C(=O)OC(C)(C)C)s1. The number of ether oxygens (including phenoxy) is 3. The summed E-state index contributed by atoms with van der Waals surface area (Å²) in [6.07, 6.45) is 0.312. The van der Waals surface area contributed by atoms with Crippen LogP contribution in [0.5, 0.6) is 0 Å². The van der Waals surface area contributed by atoms with Gasteiger partial charge in [0.15, 0.2) is 0 Å². The Balaban J connectivity index is 2.71. The van der Waals surface area contributed by atoms with E-state index in [9.17, 15) is 14.4 Å². The molecule has 0 unspecified atom stereocenters. The maximum absolute atomic E-state index is 12.5. The second-order valence-electron chi connectivity index (χ2n) is 8.55. The average Bonchev–Trinajstić information content (AvgIpc) is 3.06. The molecule has 8 heteroatoms. The molecular formula is C22H31NO6S. The van der Waals surface area contributed by atoms with Crippen molar-refractivity contribution in [2.24, 2.45) is 0 Å². The molecule has 0 radical (unpaired) electrons. The van der Waals surface area contributed by atoms with Crippen LogP contribution in [0.3, 0.4) is 0 Å². The summed E-state index contributed by atoms with van der Waals surface area (Å²) in [7, 11) is 1.32. The second kappa shape index (κ2) is 11.1. The number of hydrogen-bond acceptors (Lipinski definition) is 8. The minimum atomic E-state index is -0.694. The summed E-state index contributed by atoms with van der Waals surface area (Å²) in [6.45, 7) is 10.9. The van der Waals surface area contributed by atoms with E-state index in [0.29, 0.717) is 9.75 Å². The molecule has 1 atom stereocenters. The fraction of sp³-hybridized carbons (Fsp3) is 0.591. The van der Waals surface area contributed by atoms with Crippen LogP contribution in [0.2, 0.25) is 0 Å². The zero-order valence-corrected chi connectivity index (χ0v) is 19.5. The molecule has 0 aromatic carbocycles. The van der Waals surface area contributed by atoms with Crippen molar-refractivity contribution in [2.45, 2.75) is 71.6 Å². The fourth-order valence-corrected chi connectivity index (χ4v) is 3.05. The molecule has 0 aliphatic heterocycles. The monoisotopic (exact) mass is 437 g/mol. The number of esters is 3. The predicted octanol–water partition coefficient (Wildman–Crippen LogP) is 3.31. The third-order valence-electron chi connectivity index (χ3n) is 3.39. The van der Waals surface area contributed by atoms with Gasteiger partial charge in [-0.3, -0.25) is 14.9 Å². The van der Waals surface area contributed by atoms with E-state index in [-0.39, 0.29) is 25.4 Å². The largest absolute Gasteiger partial charge is 0.465 e. The Morgan fingerprint density at radius 1 is 1.07 bits per heavy atom. The molecule has 7 nitrogen and oxygen atoms in total. The summed E-state index contributed by atoms with van der Waals surface area (Å²) in [5.74, 6) is 4.63. The van der Waals surface area contributed by atoms with Gasteiger partial charge in [0.05, 0.1) is 18.5 Å². The van der Waals surface area contributed by atoms with E-state index < -0.39 is 29.2 Å². The molecular weight excluding hydrogens is 406 g/mol. The molecule has 1 rings (SSSR count). The summed E-state index contributed by atoms with van der Waals surface area (Å²) in [6, 6.07) is 2.69. The maximum Gasteiger partial charge on any atom is 0.348 e. The van der Waals surface area contributed by atoms with Crippen molar-refractivity contribution in [2.75, 3.05) is 13.7 Å². The van der Waals surface area contributed by atoms with E-state index in [0.717, 1.165) is 0 Å². The van der Waals surface area contributed by atoms with Crippen molar-refractivity contribution in [3.05, 3.63) is 21.9 Å². The van der Waals surface area contributed by atoms with Gasteiger partial charge in [-0.2, -0.15) is 0 Å². The maximum atomic E-state index is 12.5.